The molecule has 2 N–H and O–H groups in total. The van der Waals surface area contributed by atoms with E-state index in [-0.39, 0.29) is 43.8 Å². The molecule has 4 heterocycles. The van der Waals surface area contributed by atoms with Gasteiger partial charge in [0.1, 0.15) is 11.9 Å². The second kappa shape index (κ2) is 16.5. The van der Waals surface area contributed by atoms with Crippen LogP contribution in [-0.2, 0) is 27.3 Å². The molecule has 3 aromatic heterocycles. The average Bonchev–Trinajstić information content (AvgIpc) is 3.77. The molecule has 0 saturated heterocycles. The summed E-state index contributed by atoms with van der Waals surface area (Å²) in [6.45, 7) is 5.14. The highest BCUT2D eigenvalue weighted by molar-refractivity contribution is 5.90. The summed E-state index contributed by atoms with van der Waals surface area (Å²) in [5.41, 5.74) is 1.60. The highest BCUT2D eigenvalue weighted by Crippen LogP contribution is 2.32. The zero-order chi connectivity index (χ0) is 33.9. The molecule has 5 rings (SSSR count). The summed E-state index contributed by atoms with van der Waals surface area (Å²) in [5.74, 6) is 1.69. The fourth-order valence-electron chi connectivity index (χ4n) is 5.42. The van der Waals surface area contributed by atoms with Gasteiger partial charge in [0.15, 0.2) is 11.5 Å². The maximum absolute atomic E-state index is 13.5. The van der Waals surface area contributed by atoms with Crippen LogP contribution in [0.5, 0.6) is 11.5 Å². The van der Waals surface area contributed by atoms with E-state index in [1.807, 2.05) is 48.9 Å². The van der Waals surface area contributed by atoms with Crippen molar-refractivity contribution in [2.75, 3.05) is 33.4 Å². The number of benzene rings is 1. The van der Waals surface area contributed by atoms with Gasteiger partial charge in [0.2, 0.25) is 29.4 Å². The van der Waals surface area contributed by atoms with E-state index in [9.17, 15) is 14.4 Å². The summed E-state index contributed by atoms with van der Waals surface area (Å²) < 4.78 is 19.1. The van der Waals surface area contributed by atoms with Crippen LogP contribution in [0.15, 0.2) is 59.6 Å². The average molecular weight is 659 g/mol. The lowest BCUT2D eigenvalue weighted by atomic mass is 10.0. The fourth-order valence-corrected chi connectivity index (χ4v) is 5.42. The molecule has 0 aliphatic carbocycles. The minimum Gasteiger partial charge on any atom is -0.493 e. The van der Waals surface area contributed by atoms with Crippen molar-refractivity contribution in [3.8, 4) is 34.3 Å². The van der Waals surface area contributed by atoms with Crippen LogP contribution < -0.4 is 20.1 Å². The molecule has 14 heteroatoms. The van der Waals surface area contributed by atoms with Gasteiger partial charge in [-0.05, 0) is 55.5 Å². The Hall–Kier alpha value is -5.27. The molecule has 0 fully saturated rings. The molecule has 1 atom stereocenters. The van der Waals surface area contributed by atoms with Crippen molar-refractivity contribution in [1.29, 1.82) is 0 Å². The van der Waals surface area contributed by atoms with Crippen LogP contribution in [0, 0.1) is 5.92 Å². The van der Waals surface area contributed by atoms with Gasteiger partial charge in [-0.1, -0.05) is 19.0 Å². The Kier molecular flexibility index (Phi) is 11.7. The number of fused-ring (bicyclic) bond motifs is 4. The number of nitrogens with one attached hydrogen (secondary N) is 2. The predicted molar refractivity (Wildman–Crippen MR) is 176 cm³/mol. The number of carbonyl (C=O) groups is 3. The molecule has 1 aliphatic rings. The first-order valence-corrected chi connectivity index (χ1v) is 16.2. The molecule has 14 nitrogen and oxygen atoms in total. The van der Waals surface area contributed by atoms with Gasteiger partial charge in [-0.3, -0.25) is 19.4 Å². The standard InChI is InChI=1S/C34H42N8O6/c1-23(2)31-34(45)37-14-6-16-41-18-15-36-33(41)24-11-12-26(46-3)27(20-24)47-19-7-17-42(22-28(43)38-31)30(44)10-4-9-29-39-32(40-48-29)25-8-5-13-35-21-25/h5,8,11-13,15,18,20-21,23,31H,4,6-7,9-10,14,16-17,19,22H2,1-3H3,(H,37,45)(H,38,43)/t31-/m1/s1. The van der Waals surface area contributed by atoms with E-state index < -0.39 is 11.9 Å². The Morgan fingerprint density at radius 1 is 1.12 bits per heavy atom. The molecule has 254 valence electrons. The monoisotopic (exact) mass is 658 g/mol. The Balaban J connectivity index is 1.28. The number of nitrogens with zero attached hydrogens (tertiary/aromatic N) is 6. The molecule has 0 radical (unpaired) electrons. The lowest BCUT2D eigenvalue weighted by Gasteiger charge is -2.26. The molecule has 1 aliphatic heterocycles. The number of ether oxygens (including phenoxy) is 2. The van der Waals surface area contributed by atoms with Crippen molar-refractivity contribution in [3.05, 3.63) is 61.0 Å². The fraction of sp³-hybridized carbons (Fsp3) is 0.441. The highest BCUT2D eigenvalue weighted by Gasteiger charge is 2.26. The molecule has 0 spiro atoms. The first-order chi connectivity index (χ1) is 23.3. The van der Waals surface area contributed by atoms with Crippen molar-refractivity contribution in [1.82, 2.24) is 40.2 Å². The van der Waals surface area contributed by atoms with Gasteiger partial charge in [0.25, 0.3) is 0 Å². The SMILES string of the molecule is COc1ccc2cc1OCCCN(C(=O)CCCc1nc(-c3cccnc3)no1)CC(=O)N[C@H](C(C)C)C(=O)NCCCn1ccnc1-2. The molecule has 0 saturated carbocycles. The molecule has 3 amide bonds. The number of hydrogen-bond acceptors (Lipinski definition) is 10. The maximum Gasteiger partial charge on any atom is 0.242 e. The number of pyridine rings is 1. The normalized spacial score (nSPS) is 16.5. The summed E-state index contributed by atoms with van der Waals surface area (Å²) in [6.07, 6.45) is 9.06. The largest absolute Gasteiger partial charge is 0.493 e. The molecule has 48 heavy (non-hydrogen) atoms. The topological polar surface area (TPSA) is 167 Å². The van der Waals surface area contributed by atoms with Gasteiger partial charge in [-0.25, -0.2) is 4.98 Å². The van der Waals surface area contributed by atoms with Crippen molar-refractivity contribution < 1.29 is 28.4 Å². The summed E-state index contributed by atoms with van der Waals surface area (Å²) in [6, 6.07) is 8.52. The van der Waals surface area contributed by atoms with E-state index >= 15 is 0 Å². The maximum atomic E-state index is 13.5. The summed E-state index contributed by atoms with van der Waals surface area (Å²) >= 11 is 0. The molecule has 0 unspecified atom stereocenters. The van der Waals surface area contributed by atoms with E-state index in [0.717, 1.165) is 17.0 Å². The number of aromatic nitrogens is 5. The van der Waals surface area contributed by atoms with Crippen molar-refractivity contribution in [3.63, 3.8) is 0 Å². The number of methoxy groups -OCH3 is 1. The van der Waals surface area contributed by atoms with Gasteiger partial charge in [0.05, 0.1) is 20.3 Å². The molecule has 4 aromatic rings. The first-order valence-electron chi connectivity index (χ1n) is 16.2. The summed E-state index contributed by atoms with van der Waals surface area (Å²) in [4.78, 5) is 54.4. The van der Waals surface area contributed by atoms with Gasteiger partial charge in [-0.2, -0.15) is 4.98 Å². The molecular formula is C34H42N8O6. The van der Waals surface area contributed by atoms with Crippen LogP contribution in [0.1, 0.15) is 45.4 Å². The number of rotatable bonds is 7. The second-order valence-corrected chi connectivity index (χ2v) is 11.9. The lowest BCUT2D eigenvalue weighted by Crippen LogP contribution is -2.52. The third-order valence-corrected chi connectivity index (χ3v) is 7.96. The zero-order valence-electron chi connectivity index (χ0n) is 27.6. The second-order valence-electron chi connectivity index (χ2n) is 11.9. The molecule has 1 aromatic carbocycles. The van der Waals surface area contributed by atoms with E-state index in [1.54, 1.807) is 31.8 Å². The zero-order valence-corrected chi connectivity index (χ0v) is 27.6. The predicted octanol–water partition coefficient (Wildman–Crippen LogP) is 3.28. The number of carbonyl (C=O) groups excluding carboxylic acids is 3. The highest BCUT2D eigenvalue weighted by atomic mass is 16.5. The summed E-state index contributed by atoms with van der Waals surface area (Å²) in [7, 11) is 1.58. The smallest absolute Gasteiger partial charge is 0.242 e. The summed E-state index contributed by atoms with van der Waals surface area (Å²) in [5, 5.41) is 9.81. The van der Waals surface area contributed by atoms with Crippen LogP contribution in [0.4, 0.5) is 0 Å². The van der Waals surface area contributed by atoms with Crippen LogP contribution in [-0.4, -0.2) is 86.7 Å². The number of aryl methyl sites for hydroxylation is 2. The van der Waals surface area contributed by atoms with Crippen LogP contribution in [0.2, 0.25) is 0 Å². The van der Waals surface area contributed by atoms with Gasteiger partial charge < -0.3 is 34.1 Å². The Labute approximate surface area is 279 Å². The Morgan fingerprint density at radius 2 is 2.00 bits per heavy atom. The third kappa shape index (κ3) is 8.96. The molecule has 2 bridgehead atoms. The third-order valence-electron chi connectivity index (χ3n) is 7.96. The van der Waals surface area contributed by atoms with E-state index in [1.165, 1.54) is 4.90 Å². The van der Waals surface area contributed by atoms with Crippen LogP contribution >= 0.6 is 0 Å². The molecular weight excluding hydrogens is 616 g/mol. The Morgan fingerprint density at radius 3 is 2.79 bits per heavy atom. The number of hydrogen-bond donors (Lipinski definition) is 2. The minimum atomic E-state index is -0.746. The van der Waals surface area contributed by atoms with Crippen LogP contribution in [0.3, 0.4) is 0 Å². The first kappa shape index (κ1) is 34.1. The minimum absolute atomic E-state index is 0.159. The lowest BCUT2D eigenvalue weighted by molar-refractivity contribution is -0.137. The van der Waals surface area contributed by atoms with Crippen LogP contribution in [0.25, 0.3) is 22.8 Å². The number of imidazole rings is 1. The Bertz CT molecular complexity index is 1670. The van der Waals surface area contributed by atoms with Gasteiger partial charge >= 0.3 is 0 Å². The quantitative estimate of drug-likeness (QED) is 0.301. The van der Waals surface area contributed by atoms with Gasteiger partial charge in [-0.15, -0.1) is 0 Å². The van der Waals surface area contributed by atoms with E-state index in [0.29, 0.717) is 62.0 Å². The van der Waals surface area contributed by atoms with Crippen molar-refractivity contribution >= 4 is 17.7 Å². The van der Waals surface area contributed by atoms with E-state index in [4.69, 9.17) is 14.0 Å². The van der Waals surface area contributed by atoms with Gasteiger partial charge in [0, 0.05) is 68.4 Å². The number of amides is 3. The van der Waals surface area contributed by atoms with E-state index in [2.05, 4.69) is 30.7 Å². The van der Waals surface area contributed by atoms with Crippen molar-refractivity contribution in [2.24, 2.45) is 5.92 Å². The van der Waals surface area contributed by atoms with Crippen molar-refractivity contribution in [2.45, 2.75) is 58.5 Å².